The average Bonchev–Trinajstić information content (AvgIpc) is 2.83. The first-order valence-electron chi connectivity index (χ1n) is 11.3. The highest BCUT2D eigenvalue weighted by Crippen LogP contribution is 2.28. The van der Waals surface area contributed by atoms with Crippen LogP contribution in [0.5, 0.6) is 11.5 Å². The van der Waals surface area contributed by atoms with Crippen molar-refractivity contribution in [3.8, 4) is 11.5 Å². The minimum Gasteiger partial charge on any atom is -0.490 e. The Labute approximate surface area is 199 Å². The second-order valence-electron chi connectivity index (χ2n) is 7.77. The number of hydrogen-bond acceptors (Lipinski definition) is 5. The molecule has 1 heterocycles. The molecule has 3 rings (SSSR count). The van der Waals surface area contributed by atoms with E-state index in [-0.39, 0.29) is 17.7 Å². The van der Waals surface area contributed by atoms with Crippen LogP contribution in [0.4, 0.5) is 0 Å². The predicted octanol–water partition coefficient (Wildman–Crippen LogP) is 4.53. The fourth-order valence-electron chi connectivity index (χ4n) is 3.62. The van der Waals surface area contributed by atoms with Crippen molar-refractivity contribution in [3.63, 3.8) is 0 Å². The number of halogens is 1. The van der Waals surface area contributed by atoms with E-state index in [0.29, 0.717) is 61.2 Å². The lowest BCUT2D eigenvalue weighted by molar-refractivity contribution is -0.126. The highest BCUT2D eigenvalue weighted by molar-refractivity contribution is 6.33. The van der Waals surface area contributed by atoms with Gasteiger partial charge in [0.05, 0.1) is 30.0 Å². The molecule has 0 bridgehead atoms. The number of carbonyl (C=O) groups excluding carboxylic acids is 2. The number of amides is 2. The molecule has 33 heavy (non-hydrogen) atoms. The first kappa shape index (κ1) is 24.6. The van der Waals surface area contributed by atoms with Gasteiger partial charge in [-0.05, 0) is 62.1 Å². The second-order valence-corrected chi connectivity index (χ2v) is 8.18. The number of nitrogens with zero attached hydrogens (tertiary/aromatic N) is 2. The Hall–Kier alpha value is -3.06. The zero-order valence-corrected chi connectivity index (χ0v) is 19.8. The van der Waals surface area contributed by atoms with Gasteiger partial charge in [0.15, 0.2) is 11.5 Å². The SMILES string of the molecule is CCCOc1ccc(/C=N\NC(=O)C2CCN(C(=O)c3ccccc3Cl)CC2)cc1OCC. The molecule has 1 aliphatic heterocycles. The number of hydrogen-bond donors (Lipinski definition) is 1. The maximum Gasteiger partial charge on any atom is 0.255 e. The molecule has 176 valence electrons. The Morgan fingerprint density at radius 3 is 2.58 bits per heavy atom. The average molecular weight is 472 g/mol. The van der Waals surface area contributed by atoms with Gasteiger partial charge >= 0.3 is 0 Å². The van der Waals surface area contributed by atoms with Gasteiger partial charge in [0.25, 0.3) is 5.91 Å². The molecule has 2 amide bonds. The molecule has 0 saturated carbocycles. The molecule has 7 nitrogen and oxygen atoms in total. The van der Waals surface area contributed by atoms with E-state index in [4.69, 9.17) is 21.1 Å². The van der Waals surface area contributed by atoms with Gasteiger partial charge in [0, 0.05) is 19.0 Å². The van der Waals surface area contributed by atoms with E-state index < -0.39 is 0 Å². The molecule has 1 N–H and O–H groups in total. The summed E-state index contributed by atoms with van der Waals surface area (Å²) in [5.41, 5.74) is 3.90. The van der Waals surface area contributed by atoms with Gasteiger partial charge in [-0.15, -0.1) is 0 Å². The predicted molar refractivity (Wildman–Crippen MR) is 129 cm³/mol. The summed E-state index contributed by atoms with van der Waals surface area (Å²) in [4.78, 5) is 27.0. The Balaban J connectivity index is 1.51. The monoisotopic (exact) mass is 471 g/mol. The van der Waals surface area contributed by atoms with E-state index in [9.17, 15) is 9.59 Å². The Morgan fingerprint density at radius 2 is 1.88 bits per heavy atom. The summed E-state index contributed by atoms with van der Waals surface area (Å²) in [5.74, 6) is 0.897. The molecule has 1 saturated heterocycles. The summed E-state index contributed by atoms with van der Waals surface area (Å²) in [5, 5.41) is 4.54. The zero-order valence-electron chi connectivity index (χ0n) is 19.1. The number of benzene rings is 2. The third kappa shape index (κ3) is 6.71. The third-order valence-corrected chi connectivity index (χ3v) is 5.70. The zero-order chi connectivity index (χ0) is 23.6. The summed E-state index contributed by atoms with van der Waals surface area (Å²) < 4.78 is 11.4. The molecule has 0 aromatic heterocycles. The van der Waals surface area contributed by atoms with Gasteiger partial charge in [-0.2, -0.15) is 5.10 Å². The van der Waals surface area contributed by atoms with Crippen molar-refractivity contribution in [2.45, 2.75) is 33.1 Å². The summed E-state index contributed by atoms with van der Waals surface area (Å²) in [6.07, 6.45) is 3.65. The standard InChI is InChI=1S/C25H30ClN3O4/c1-3-15-33-22-10-9-18(16-23(22)32-4-2)17-27-28-24(30)19-11-13-29(14-12-19)25(31)20-7-5-6-8-21(20)26/h5-10,16-17,19H,3-4,11-15H2,1-2H3,(H,28,30)/b27-17-. The summed E-state index contributed by atoms with van der Waals surface area (Å²) in [6.45, 7) is 6.11. The normalized spacial score (nSPS) is 14.3. The van der Waals surface area contributed by atoms with Crippen LogP contribution in [0.15, 0.2) is 47.6 Å². The number of hydrazone groups is 1. The van der Waals surface area contributed by atoms with Crippen molar-refractivity contribution < 1.29 is 19.1 Å². The molecule has 8 heteroatoms. The number of rotatable bonds is 9. The Bertz CT molecular complexity index is 987. The van der Waals surface area contributed by atoms with E-state index >= 15 is 0 Å². The lowest BCUT2D eigenvalue weighted by Gasteiger charge is -2.31. The Kier molecular flexibility index (Phi) is 9.13. The lowest BCUT2D eigenvalue weighted by Crippen LogP contribution is -2.42. The van der Waals surface area contributed by atoms with Crippen molar-refractivity contribution >= 4 is 29.6 Å². The summed E-state index contributed by atoms with van der Waals surface area (Å²) in [7, 11) is 0. The largest absolute Gasteiger partial charge is 0.490 e. The molecular weight excluding hydrogens is 442 g/mol. The van der Waals surface area contributed by atoms with Crippen molar-refractivity contribution in [2.24, 2.45) is 11.0 Å². The minimum absolute atomic E-state index is 0.103. The van der Waals surface area contributed by atoms with Crippen LogP contribution >= 0.6 is 11.6 Å². The summed E-state index contributed by atoms with van der Waals surface area (Å²) in [6, 6.07) is 12.6. The third-order valence-electron chi connectivity index (χ3n) is 5.37. The smallest absolute Gasteiger partial charge is 0.255 e. The number of carbonyl (C=O) groups is 2. The van der Waals surface area contributed by atoms with Crippen LogP contribution in [0, 0.1) is 5.92 Å². The maximum absolute atomic E-state index is 12.7. The van der Waals surface area contributed by atoms with E-state index in [1.807, 2.05) is 32.0 Å². The molecule has 0 atom stereocenters. The van der Waals surface area contributed by atoms with E-state index in [1.54, 1.807) is 35.4 Å². The molecule has 0 spiro atoms. The fourth-order valence-corrected chi connectivity index (χ4v) is 3.83. The number of piperidine rings is 1. The first-order chi connectivity index (χ1) is 16.0. The van der Waals surface area contributed by atoms with E-state index in [1.165, 1.54) is 0 Å². The maximum atomic E-state index is 12.7. The van der Waals surface area contributed by atoms with Crippen LogP contribution in [-0.2, 0) is 4.79 Å². The quantitative estimate of drug-likeness (QED) is 0.430. The molecule has 0 unspecified atom stereocenters. The van der Waals surface area contributed by atoms with E-state index in [2.05, 4.69) is 10.5 Å². The van der Waals surface area contributed by atoms with E-state index in [0.717, 1.165) is 12.0 Å². The molecule has 2 aromatic carbocycles. The van der Waals surface area contributed by atoms with Gasteiger partial charge in [-0.1, -0.05) is 30.7 Å². The second kappa shape index (κ2) is 12.3. The highest BCUT2D eigenvalue weighted by atomic mass is 35.5. The van der Waals surface area contributed by atoms with Crippen LogP contribution < -0.4 is 14.9 Å². The molecule has 0 aliphatic carbocycles. The minimum atomic E-state index is -0.193. The topological polar surface area (TPSA) is 80.2 Å². The number of likely N-dealkylation sites (tertiary alicyclic amines) is 1. The van der Waals surface area contributed by atoms with Gasteiger partial charge in [-0.3, -0.25) is 9.59 Å². The molecule has 0 radical (unpaired) electrons. The lowest BCUT2D eigenvalue weighted by atomic mass is 9.95. The van der Waals surface area contributed by atoms with Gasteiger partial charge in [0.1, 0.15) is 0 Å². The highest BCUT2D eigenvalue weighted by Gasteiger charge is 2.28. The molecule has 2 aromatic rings. The number of nitrogens with one attached hydrogen (secondary N) is 1. The van der Waals surface area contributed by atoms with Crippen molar-refractivity contribution in [1.82, 2.24) is 10.3 Å². The first-order valence-corrected chi connectivity index (χ1v) is 11.7. The van der Waals surface area contributed by atoms with Crippen LogP contribution in [0.2, 0.25) is 5.02 Å². The van der Waals surface area contributed by atoms with Crippen LogP contribution in [0.3, 0.4) is 0 Å². The van der Waals surface area contributed by atoms with Crippen LogP contribution in [-0.4, -0.2) is 49.2 Å². The van der Waals surface area contributed by atoms with Crippen molar-refractivity contribution in [2.75, 3.05) is 26.3 Å². The number of ether oxygens (including phenoxy) is 2. The molecule has 1 fully saturated rings. The fraction of sp³-hybridized carbons (Fsp3) is 0.400. The Morgan fingerprint density at radius 1 is 1.12 bits per heavy atom. The van der Waals surface area contributed by atoms with Gasteiger partial charge < -0.3 is 14.4 Å². The van der Waals surface area contributed by atoms with Crippen LogP contribution in [0.25, 0.3) is 0 Å². The van der Waals surface area contributed by atoms with Gasteiger partial charge in [-0.25, -0.2) is 5.43 Å². The van der Waals surface area contributed by atoms with Gasteiger partial charge in [0.2, 0.25) is 5.91 Å². The molecule has 1 aliphatic rings. The summed E-state index contributed by atoms with van der Waals surface area (Å²) >= 11 is 6.14. The van der Waals surface area contributed by atoms with Crippen LogP contribution in [0.1, 0.15) is 49.0 Å². The van der Waals surface area contributed by atoms with Crippen molar-refractivity contribution in [1.29, 1.82) is 0 Å². The van der Waals surface area contributed by atoms with Crippen molar-refractivity contribution in [3.05, 3.63) is 58.6 Å². The molecular formula is C25H30ClN3O4.